The molecule has 3 heteroatoms. The minimum absolute atomic E-state index is 1.42. The topological polar surface area (TPSA) is 12.4 Å². The van der Waals surface area contributed by atoms with Gasteiger partial charge in [-0.15, -0.1) is 0 Å². The Hall–Kier alpha value is -0.110. The van der Waals surface area contributed by atoms with Gasteiger partial charge in [-0.25, -0.2) is 0 Å². The van der Waals surface area contributed by atoms with Crippen molar-refractivity contribution < 1.29 is 0 Å². The maximum atomic E-state index is 3.84. The first kappa shape index (κ1) is 4.06. The van der Waals surface area contributed by atoms with Crippen molar-refractivity contribution in [2.75, 3.05) is 0 Å². The zero-order chi connectivity index (χ0) is 4.24. The Morgan fingerprint density at radius 3 is 3.00 bits per heavy atom. The summed E-state index contributed by atoms with van der Waals surface area (Å²) in [6.45, 7) is 0. The van der Waals surface area contributed by atoms with Crippen LogP contribution < -0.4 is 0 Å². The highest BCUT2D eigenvalue weighted by atomic mass is 32.2. The number of rotatable bonds is 0. The van der Waals surface area contributed by atoms with Gasteiger partial charge in [-0.05, 0) is 5.73 Å². The average molecular weight is 116 g/mol. The second-order valence-corrected chi connectivity index (χ2v) is 2.18. The van der Waals surface area contributed by atoms with Crippen LogP contribution in [0, 0.1) is 0 Å². The van der Waals surface area contributed by atoms with Gasteiger partial charge in [0.2, 0.25) is 0 Å². The van der Waals surface area contributed by atoms with Crippen LogP contribution in [0.15, 0.2) is 20.3 Å². The van der Waals surface area contributed by atoms with E-state index in [0.717, 1.165) is 0 Å². The van der Waals surface area contributed by atoms with Crippen molar-refractivity contribution in [1.29, 1.82) is 0 Å². The van der Waals surface area contributed by atoms with E-state index < -0.39 is 0 Å². The van der Waals surface area contributed by atoms with Crippen LogP contribution in [0.25, 0.3) is 0 Å². The Labute approximate surface area is 44.4 Å². The Bertz CT molecular complexity index is 121. The number of hydrogen-bond acceptors (Lipinski definition) is 2. The Balaban J connectivity index is 2.78. The lowest BCUT2D eigenvalue weighted by atomic mass is 11.0. The van der Waals surface area contributed by atoms with E-state index in [1.54, 1.807) is 0 Å². The van der Waals surface area contributed by atoms with Gasteiger partial charge in [0, 0.05) is 5.41 Å². The van der Waals surface area contributed by atoms with Crippen molar-refractivity contribution >= 4 is 23.5 Å². The van der Waals surface area contributed by atoms with Gasteiger partial charge >= 0.3 is 11.6 Å². The maximum absolute atomic E-state index is 3.84. The van der Waals surface area contributed by atoms with E-state index in [2.05, 4.69) is 9.50 Å². The van der Waals surface area contributed by atoms with Crippen molar-refractivity contribution in [2.24, 2.45) is 3.77 Å². The Morgan fingerprint density at radius 2 is 2.83 bits per heavy atom. The molecule has 0 unspecified atom stereocenters. The van der Waals surface area contributed by atoms with Crippen LogP contribution in [-0.4, -0.2) is 0 Å². The monoisotopic (exact) mass is 116 g/mol. The highest BCUT2D eigenvalue weighted by Gasteiger charge is 1.88. The molecule has 1 rings (SSSR count). The van der Waals surface area contributed by atoms with Crippen LogP contribution in [0.3, 0.4) is 0 Å². The molecular formula is C3H2NS2+. The lowest BCUT2D eigenvalue weighted by Crippen LogP contribution is -1.51. The molecular weight excluding hydrogens is 114 g/mol. The molecule has 0 atom stereocenters. The molecule has 0 fully saturated rings. The van der Waals surface area contributed by atoms with Crippen LogP contribution in [-0.2, 0) is 11.6 Å². The van der Waals surface area contributed by atoms with Crippen molar-refractivity contribution in [3.63, 3.8) is 0 Å². The summed E-state index contributed by atoms with van der Waals surface area (Å²) in [4.78, 5) is 0. The predicted octanol–water partition coefficient (Wildman–Crippen LogP) is 1.54. The summed E-state index contributed by atoms with van der Waals surface area (Å²) in [5.41, 5.74) is 2.87. The summed E-state index contributed by atoms with van der Waals surface area (Å²) < 4.78 is 3.84. The van der Waals surface area contributed by atoms with Crippen LogP contribution in [0.4, 0.5) is 0 Å². The van der Waals surface area contributed by atoms with E-state index >= 15 is 0 Å². The summed E-state index contributed by atoms with van der Waals surface area (Å²) in [5.74, 6) is 0. The van der Waals surface area contributed by atoms with Crippen molar-refractivity contribution in [3.8, 4) is 0 Å². The molecule has 0 radical (unpaired) electrons. The first-order chi connectivity index (χ1) is 3.00. The van der Waals surface area contributed by atoms with Gasteiger partial charge in [0.25, 0.3) is 5.41 Å². The molecule has 0 aromatic heterocycles. The van der Waals surface area contributed by atoms with Crippen LogP contribution >= 0.6 is 11.9 Å². The summed E-state index contributed by atoms with van der Waals surface area (Å²) in [5, 5.41) is 3.63. The second kappa shape index (κ2) is 2.13. The molecule has 1 aliphatic rings. The van der Waals surface area contributed by atoms with Gasteiger partial charge in [0.05, 0.1) is 15.7 Å². The lowest BCUT2D eigenvalue weighted by molar-refractivity contribution is 2.07. The fraction of sp³-hybridized carbons (Fsp3) is 0. The highest BCUT2D eigenvalue weighted by molar-refractivity contribution is 8.04. The summed E-state index contributed by atoms with van der Waals surface area (Å²) in [7, 11) is 0. The SMILES string of the molecule is C1=CSN=[S+]C=1. The summed E-state index contributed by atoms with van der Waals surface area (Å²) in [6, 6.07) is 0. The maximum Gasteiger partial charge on any atom is 0.371 e. The third-order valence-corrected chi connectivity index (χ3v) is 1.50. The van der Waals surface area contributed by atoms with E-state index in [0.29, 0.717) is 0 Å². The Kier molecular flexibility index (Phi) is 1.44. The largest absolute Gasteiger partial charge is 0.371 e. The standard InChI is InChI=1S/C3H2NS2/c1-2-5-4-6-3-1/h2-3H/q+1. The lowest BCUT2D eigenvalue weighted by Gasteiger charge is -1.62. The fourth-order valence-corrected chi connectivity index (χ4v) is 1.04. The molecule has 0 aromatic carbocycles. The molecule has 0 aliphatic carbocycles. The average Bonchev–Trinajstić information content (AvgIpc) is 1.72. The first-order valence-corrected chi connectivity index (χ1v) is 3.09. The van der Waals surface area contributed by atoms with Crippen LogP contribution in [0.2, 0.25) is 0 Å². The molecule has 0 amide bonds. The normalized spacial score (nSPS) is 16.0. The van der Waals surface area contributed by atoms with Gasteiger partial charge in [-0.1, -0.05) is 0 Å². The van der Waals surface area contributed by atoms with E-state index in [4.69, 9.17) is 0 Å². The van der Waals surface area contributed by atoms with Crippen molar-refractivity contribution in [2.45, 2.75) is 0 Å². The molecule has 0 saturated carbocycles. The third kappa shape index (κ3) is 0.937. The molecule has 0 spiro atoms. The predicted molar refractivity (Wildman–Crippen MR) is 30.0 cm³/mol. The van der Waals surface area contributed by atoms with E-state index in [-0.39, 0.29) is 0 Å². The molecule has 30 valence electrons. The van der Waals surface area contributed by atoms with Gasteiger partial charge < -0.3 is 0 Å². The summed E-state index contributed by atoms with van der Waals surface area (Å²) >= 11 is 2.83. The number of nitrogens with zero attached hydrogens (tertiary/aromatic N) is 1. The van der Waals surface area contributed by atoms with Gasteiger partial charge in [0.15, 0.2) is 0 Å². The minimum Gasteiger partial charge on any atom is -0.0475 e. The van der Waals surface area contributed by atoms with Crippen LogP contribution in [0.5, 0.6) is 0 Å². The fourth-order valence-electron chi connectivity index (χ4n) is 0.157. The smallest absolute Gasteiger partial charge is 0.0475 e. The molecule has 6 heavy (non-hydrogen) atoms. The quantitative estimate of drug-likeness (QED) is 0.266. The molecule has 1 heterocycles. The molecule has 1 nitrogen and oxygen atoms in total. The van der Waals surface area contributed by atoms with Gasteiger partial charge in [-0.3, -0.25) is 0 Å². The Morgan fingerprint density at radius 1 is 1.83 bits per heavy atom. The van der Waals surface area contributed by atoms with Crippen molar-refractivity contribution in [3.05, 3.63) is 16.5 Å². The zero-order valence-corrected chi connectivity index (χ0v) is 4.55. The van der Waals surface area contributed by atoms with E-state index in [1.807, 2.05) is 10.8 Å². The molecule has 0 N–H and O–H groups in total. The molecule has 0 bridgehead atoms. The minimum atomic E-state index is 1.42. The van der Waals surface area contributed by atoms with Gasteiger partial charge in [0.1, 0.15) is 0 Å². The molecule has 1 aliphatic heterocycles. The second-order valence-electron chi connectivity index (χ2n) is 0.688. The third-order valence-electron chi connectivity index (χ3n) is 0.328. The molecule has 0 saturated heterocycles. The van der Waals surface area contributed by atoms with Crippen LogP contribution in [0.1, 0.15) is 0 Å². The van der Waals surface area contributed by atoms with E-state index in [1.165, 1.54) is 23.5 Å². The first-order valence-electron chi connectivity index (χ1n) is 1.41. The van der Waals surface area contributed by atoms with Gasteiger partial charge in [-0.2, -0.15) is 0 Å². The van der Waals surface area contributed by atoms with Crippen molar-refractivity contribution in [1.82, 2.24) is 0 Å². The van der Waals surface area contributed by atoms with E-state index in [9.17, 15) is 0 Å². The summed E-state index contributed by atoms with van der Waals surface area (Å²) in [6.07, 6.45) is 0. The zero-order valence-electron chi connectivity index (χ0n) is 2.92. The molecule has 0 aromatic rings. The highest BCUT2D eigenvalue weighted by Crippen LogP contribution is 2.04. The number of hydrogen-bond donors (Lipinski definition) is 0.